The fraction of sp³-hybridized carbons (Fsp3) is 0. The van der Waals surface area contributed by atoms with Crippen molar-refractivity contribution in [3.05, 3.63) is 400 Å². The van der Waals surface area contributed by atoms with E-state index in [1.807, 2.05) is 30.3 Å². The Bertz CT molecular complexity index is 8750. The lowest BCUT2D eigenvalue weighted by molar-refractivity contribution is 0.669. The van der Waals surface area contributed by atoms with Gasteiger partial charge in [0.25, 0.3) is 0 Å². The molecule has 8 nitrogen and oxygen atoms in total. The second-order valence-electron chi connectivity index (χ2n) is 31.4. The lowest BCUT2D eigenvalue weighted by Gasteiger charge is -2.14. The molecule has 0 saturated heterocycles. The average Bonchev–Trinajstić information content (AvgIpc) is 1.43. The van der Waals surface area contributed by atoms with Gasteiger partial charge in [0.1, 0.15) is 22.3 Å². The van der Waals surface area contributed by atoms with Gasteiger partial charge in [0.2, 0.25) is 0 Å². The van der Waals surface area contributed by atoms with E-state index in [-0.39, 0.29) is 0 Å². The van der Waals surface area contributed by atoms with E-state index in [0.717, 1.165) is 150 Å². The van der Waals surface area contributed by atoms with E-state index in [1.165, 1.54) is 91.6 Å². The monoisotopic (exact) mass is 1530 g/mol. The first kappa shape index (κ1) is 67.2. The zero-order valence-electron chi connectivity index (χ0n) is 64.6. The van der Waals surface area contributed by atoms with Crippen molar-refractivity contribution in [2.45, 2.75) is 0 Å². The second kappa shape index (κ2) is 26.7. The van der Waals surface area contributed by atoms with Crippen LogP contribution >= 0.6 is 0 Å². The summed E-state index contributed by atoms with van der Waals surface area (Å²) in [5.74, 6) is 1.29. The van der Waals surface area contributed by atoms with E-state index in [4.69, 9.17) is 28.8 Å². The minimum absolute atomic E-state index is 0.624. The number of rotatable bonds is 8. The Balaban J connectivity index is 0.000000133. The quantitative estimate of drug-likeness (QED) is 0.141. The number of furan rings is 2. The molecule has 0 aliphatic heterocycles. The third-order valence-corrected chi connectivity index (χ3v) is 24.8. The Hall–Kier alpha value is -16.2. The molecule has 0 saturated carbocycles. The van der Waals surface area contributed by atoms with Crippen LogP contribution in [0.15, 0.2) is 409 Å². The lowest BCUT2D eigenvalue weighted by atomic mass is 9.94. The second-order valence-corrected chi connectivity index (χ2v) is 31.4. The summed E-state index contributed by atoms with van der Waals surface area (Å²) in [4.78, 5) is 21.3. The van der Waals surface area contributed by atoms with Gasteiger partial charge < -0.3 is 18.0 Å². The molecule has 0 unspecified atom stereocenters. The fourth-order valence-corrected chi connectivity index (χ4v) is 19.3. The van der Waals surface area contributed by atoms with Crippen molar-refractivity contribution in [1.82, 2.24) is 29.1 Å². The van der Waals surface area contributed by atoms with Gasteiger partial charge in [-0.1, -0.05) is 291 Å². The van der Waals surface area contributed by atoms with E-state index < -0.39 is 0 Å². The summed E-state index contributed by atoms with van der Waals surface area (Å²) in [5.41, 5.74) is 19.6. The van der Waals surface area contributed by atoms with Crippen LogP contribution in [0, 0.1) is 0 Å². The molecule has 0 amide bonds. The van der Waals surface area contributed by atoms with E-state index in [9.17, 15) is 0 Å². The van der Waals surface area contributed by atoms with Gasteiger partial charge in [-0.05, 0) is 195 Å². The molecular weight excluding hydrogens is 1460 g/mol. The van der Waals surface area contributed by atoms with E-state index in [2.05, 4.69) is 379 Å². The molecule has 26 rings (SSSR count). The first-order valence-corrected chi connectivity index (χ1v) is 40.8. The minimum Gasteiger partial charge on any atom is -0.456 e. The predicted molar refractivity (Wildman–Crippen MR) is 500 cm³/mol. The van der Waals surface area contributed by atoms with Crippen molar-refractivity contribution in [1.29, 1.82) is 0 Å². The molecule has 0 fully saturated rings. The number of fused-ring (bicyclic) bond motifs is 26. The highest BCUT2D eigenvalue weighted by Gasteiger charge is 2.24. The van der Waals surface area contributed by atoms with Gasteiger partial charge in [0.15, 0.2) is 11.6 Å². The summed E-state index contributed by atoms with van der Waals surface area (Å²) in [7, 11) is 0. The number of nitrogens with zero attached hydrogens (tertiary/aromatic N) is 6. The van der Waals surface area contributed by atoms with Crippen LogP contribution in [-0.2, 0) is 0 Å². The van der Waals surface area contributed by atoms with Crippen LogP contribution in [0.2, 0.25) is 0 Å². The van der Waals surface area contributed by atoms with Crippen LogP contribution in [0.4, 0.5) is 0 Å². The SMILES string of the molecule is c1ccc2c(-c3cc(-c4ccc5c(c4)c4ccccc4n5-c4ccc5c6ccccc6c6ccccc6c5c4)nc(-c4ccc5oc6ccccc6c5c4)n3)cccc2c1.c1ccc2c(-c3cc(-c4ccc5c(c4)c4ccccc4n5-c4ccc5c6ccccc6c6ccccc6c5c4)nc(-c4cccc5c4oc4ccccc45)n3)cccc2c1. The van der Waals surface area contributed by atoms with Crippen molar-refractivity contribution >= 4 is 174 Å². The molecule has 6 heterocycles. The highest BCUT2D eigenvalue weighted by atomic mass is 16.3. The van der Waals surface area contributed by atoms with Crippen LogP contribution < -0.4 is 0 Å². The number of para-hydroxylation sites is 5. The maximum atomic E-state index is 6.54. The number of hydrogen-bond donors (Lipinski definition) is 0. The first-order valence-electron chi connectivity index (χ1n) is 40.8. The van der Waals surface area contributed by atoms with E-state index >= 15 is 0 Å². The molecule has 0 radical (unpaired) electrons. The van der Waals surface area contributed by atoms with Crippen LogP contribution in [0.5, 0.6) is 0 Å². The molecule has 26 aromatic rings. The van der Waals surface area contributed by atoms with Gasteiger partial charge >= 0.3 is 0 Å². The predicted octanol–water partition coefficient (Wildman–Crippen LogP) is 30.2. The number of aromatic nitrogens is 6. The van der Waals surface area contributed by atoms with Gasteiger partial charge in [-0.25, -0.2) is 19.9 Å². The highest BCUT2D eigenvalue weighted by molar-refractivity contribution is 6.28. The third-order valence-electron chi connectivity index (χ3n) is 24.8. The Morgan fingerprint density at radius 1 is 0.175 bits per heavy atom. The molecule has 6 aromatic heterocycles. The van der Waals surface area contributed by atoms with Gasteiger partial charge in [0, 0.05) is 82.3 Å². The van der Waals surface area contributed by atoms with Crippen LogP contribution in [0.1, 0.15) is 0 Å². The molecule has 556 valence electrons. The number of benzene rings is 20. The van der Waals surface area contributed by atoms with Crippen molar-refractivity contribution < 1.29 is 8.83 Å². The molecule has 0 aliphatic rings. The average molecular weight is 1530 g/mol. The van der Waals surface area contributed by atoms with Gasteiger partial charge in [-0.15, -0.1) is 0 Å². The van der Waals surface area contributed by atoms with E-state index in [0.29, 0.717) is 11.6 Å². The third kappa shape index (κ3) is 10.6. The number of hydrogen-bond acceptors (Lipinski definition) is 6. The smallest absolute Gasteiger partial charge is 0.164 e. The van der Waals surface area contributed by atoms with Crippen molar-refractivity contribution in [3.8, 4) is 79.2 Å². The van der Waals surface area contributed by atoms with Crippen LogP contribution in [-0.4, -0.2) is 29.1 Å². The molecule has 0 N–H and O–H groups in total. The normalized spacial score (nSPS) is 12.0. The highest BCUT2D eigenvalue weighted by Crippen LogP contribution is 2.46. The van der Waals surface area contributed by atoms with Crippen molar-refractivity contribution in [2.75, 3.05) is 0 Å². The molecule has 0 atom stereocenters. The van der Waals surface area contributed by atoms with Crippen LogP contribution in [0.3, 0.4) is 0 Å². The summed E-state index contributed by atoms with van der Waals surface area (Å²) in [6.07, 6.45) is 0. The van der Waals surface area contributed by atoms with Gasteiger partial charge in [-0.2, -0.15) is 0 Å². The van der Waals surface area contributed by atoms with Gasteiger partial charge in [-0.3, -0.25) is 0 Å². The topological polar surface area (TPSA) is 87.7 Å². The largest absolute Gasteiger partial charge is 0.456 e. The summed E-state index contributed by atoms with van der Waals surface area (Å²) in [6, 6.07) is 143. The standard InChI is InChI=1S/2C56H33N3O/c1-2-15-37-34(13-1)14-11-22-43(37)51-33-50(57-56(58-51)47-24-12-23-46-45-21-8-10-26-54(45)60-55(46)47)35-27-30-53-49(31-35)44-20-7-9-25-52(44)59(53)36-28-29-42-40-18-4-3-16-38(40)39-17-5-6-19-41(39)48(42)32-36;1-2-14-38-34(12-1)13-11-21-44(38)51-33-50(57-56(58-51)36-25-29-55-49(31-36)46-20-8-10-23-54(46)60-55)35-24-28-53-48(30-35)45-19-7-9-22-52(45)59(53)37-26-27-43-41-17-4-3-15-39(41)40-16-5-6-18-42(40)47(43)32-37/h2*1-33H. The molecule has 8 heteroatoms. The summed E-state index contributed by atoms with van der Waals surface area (Å²) in [5, 5.41) is 28.8. The Morgan fingerprint density at radius 2 is 0.508 bits per heavy atom. The lowest BCUT2D eigenvalue weighted by Crippen LogP contribution is -1.97. The maximum absolute atomic E-state index is 6.54. The fourth-order valence-electron chi connectivity index (χ4n) is 19.3. The Labute approximate surface area is 686 Å². The zero-order chi connectivity index (χ0) is 78.6. The van der Waals surface area contributed by atoms with Gasteiger partial charge in [0.05, 0.1) is 50.4 Å². The summed E-state index contributed by atoms with van der Waals surface area (Å²) < 4.78 is 17.6. The first-order chi connectivity index (χ1) is 59.5. The minimum atomic E-state index is 0.624. The molecule has 0 aliphatic carbocycles. The molecule has 120 heavy (non-hydrogen) atoms. The Kier molecular flexibility index (Phi) is 15.0. The summed E-state index contributed by atoms with van der Waals surface area (Å²) in [6.45, 7) is 0. The van der Waals surface area contributed by atoms with Crippen LogP contribution in [0.25, 0.3) is 253 Å². The Morgan fingerprint density at radius 3 is 1.02 bits per heavy atom. The zero-order valence-corrected chi connectivity index (χ0v) is 64.6. The van der Waals surface area contributed by atoms with Crippen molar-refractivity contribution in [3.63, 3.8) is 0 Å². The molecular formula is C112H66N6O2. The van der Waals surface area contributed by atoms with Crippen molar-refractivity contribution in [2.24, 2.45) is 0 Å². The summed E-state index contributed by atoms with van der Waals surface area (Å²) >= 11 is 0. The molecule has 0 spiro atoms. The molecule has 20 aromatic carbocycles. The maximum Gasteiger partial charge on any atom is 0.164 e. The van der Waals surface area contributed by atoms with E-state index in [1.54, 1.807) is 0 Å². The molecule has 0 bridgehead atoms.